The minimum absolute atomic E-state index is 0.207. The molecule has 1 rings (SSSR count). The van der Waals surface area contributed by atoms with Crippen molar-refractivity contribution in [2.24, 2.45) is 5.89 Å². The standard InChI is InChI=1S/C13H18O6/c1-8(7-12-11(16)5-4-6-17-12)13(18-9(2)14)19-10(3)15/h4-5,8,12-13H,6-7H2,1-3H3/t8?,12-/m1/s1/i8D,13D. The first-order valence-corrected chi connectivity index (χ1v) is 5.78. The van der Waals surface area contributed by atoms with Crippen molar-refractivity contribution < 1.29 is 31.3 Å². The number of hydrogen-bond acceptors (Lipinski definition) is 6. The third kappa shape index (κ3) is 5.21. The molecule has 106 valence electrons. The van der Waals surface area contributed by atoms with Gasteiger partial charge in [0.05, 0.1) is 6.61 Å². The van der Waals surface area contributed by atoms with Crippen molar-refractivity contribution in [3.8, 4) is 0 Å². The number of ketones is 1. The predicted molar refractivity (Wildman–Crippen MR) is 65.0 cm³/mol. The molecule has 0 saturated carbocycles. The van der Waals surface area contributed by atoms with Crippen LogP contribution in [-0.4, -0.2) is 36.7 Å². The Hall–Kier alpha value is -1.69. The van der Waals surface area contributed by atoms with Crippen LogP contribution < -0.4 is 0 Å². The van der Waals surface area contributed by atoms with Crippen molar-refractivity contribution in [3.05, 3.63) is 12.2 Å². The average molecular weight is 272 g/mol. The molecule has 0 aromatic heterocycles. The fourth-order valence-corrected chi connectivity index (χ4v) is 1.50. The van der Waals surface area contributed by atoms with Crippen LogP contribution in [0.5, 0.6) is 0 Å². The van der Waals surface area contributed by atoms with Gasteiger partial charge in [-0.1, -0.05) is 13.0 Å². The summed E-state index contributed by atoms with van der Waals surface area (Å²) < 4.78 is 30.8. The molecule has 6 nitrogen and oxygen atoms in total. The van der Waals surface area contributed by atoms with Gasteiger partial charge in [-0.05, 0) is 12.5 Å². The van der Waals surface area contributed by atoms with Gasteiger partial charge in [-0.2, -0.15) is 0 Å². The number of carbonyl (C=O) groups excluding carboxylic acids is 3. The maximum atomic E-state index is 11.7. The van der Waals surface area contributed by atoms with Gasteiger partial charge in [-0.15, -0.1) is 0 Å². The first-order chi connectivity index (χ1) is 9.57. The van der Waals surface area contributed by atoms with Gasteiger partial charge < -0.3 is 14.2 Å². The molecule has 0 aliphatic carbocycles. The van der Waals surface area contributed by atoms with Crippen molar-refractivity contribution in [2.45, 2.75) is 39.6 Å². The van der Waals surface area contributed by atoms with Crippen molar-refractivity contribution in [1.82, 2.24) is 0 Å². The molecule has 0 saturated heterocycles. The van der Waals surface area contributed by atoms with Crippen LogP contribution in [-0.2, 0) is 28.6 Å². The monoisotopic (exact) mass is 272 g/mol. The lowest BCUT2D eigenvalue weighted by atomic mass is 9.99. The highest BCUT2D eigenvalue weighted by molar-refractivity contribution is 5.94. The molecule has 0 aromatic rings. The smallest absolute Gasteiger partial charge is 0.305 e. The zero-order valence-corrected chi connectivity index (χ0v) is 11.1. The second kappa shape index (κ2) is 7.04. The molecule has 6 heteroatoms. The minimum Gasteiger partial charge on any atom is -0.425 e. The quantitative estimate of drug-likeness (QED) is 0.548. The van der Waals surface area contributed by atoms with Gasteiger partial charge in [-0.25, -0.2) is 0 Å². The Morgan fingerprint density at radius 3 is 2.53 bits per heavy atom. The lowest BCUT2D eigenvalue weighted by Gasteiger charge is -2.26. The van der Waals surface area contributed by atoms with Gasteiger partial charge in [0.1, 0.15) is 7.47 Å². The Morgan fingerprint density at radius 1 is 1.47 bits per heavy atom. The molecule has 0 bridgehead atoms. The predicted octanol–water partition coefficient (Wildman–Crippen LogP) is 0.989. The van der Waals surface area contributed by atoms with Gasteiger partial charge >= 0.3 is 11.9 Å². The first kappa shape index (κ1) is 12.3. The molecule has 1 heterocycles. The third-order valence-corrected chi connectivity index (χ3v) is 2.31. The Bertz CT molecular complexity index is 455. The Labute approximate surface area is 114 Å². The normalized spacial score (nSPS) is 23.9. The number of carbonyl (C=O) groups is 3. The van der Waals surface area contributed by atoms with Crippen LogP contribution in [0.3, 0.4) is 0 Å². The van der Waals surface area contributed by atoms with E-state index in [1.165, 1.54) is 19.1 Å². The van der Waals surface area contributed by atoms with Crippen molar-refractivity contribution in [2.75, 3.05) is 6.61 Å². The van der Waals surface area contributed by atoms with E-state index in [0.29, 0.717) is 0 Å². The summed E-state index contributed by atoms with van der Waals surface area (Å²) in [6.07, 6.45) is -0.913. The summed E-state index contributed by atoms with van der Waals surface area (Å²) in [5.41, 5.74) is 0. The number of hydrogen-bond donors (Lipinski definition) is 0. The van der Waals surface area contributed by atoms with E-state index in [2.05, 4.69) is 0 Å². The molecule has 1 aliphatic heterocycles. The SMILES string of the molecule is [2H]C(C)(C[C@H]1OCC=CC1=O)C([2H])(OC(C)=O)OC(C)=O. The van der Waals surface area contributed by atoms with E-state index in [9.17, 15) is 14.4 Å². The number of esters is 2. The molecule has 1 unspecified atom stereocenters. The topological polar surface area (TPSA) is 78.9 Å². The van der Waals surface area contributed by atoms with Gasteiger partial charge in [0.25, 0.3) is 0 Å². The average Bonchev–Trinajstić information content (AvgIpc) is 2.29. The van der Waals surface area contributed by atoms with Gasteiger partial charge in [0, 0.05) is 21.1 Å². The summed E-state index contributed by atoms with van der Waals surface area (Å²) in [5, 5.41) is 0. The van der Waals surface area contributed by atoms with Crippen molar-refractivity contribution in [1.29, 1.82) is 0 Å². The second-order valence-corrected chi connectivity index (χ2v) is 4.09. The van der Waals surface area contributed by atoms with E-state index in [1.807, 2.05) is 0 Å². The lowest BCUT2D eigenvalue weighted by Crippen LogP contribution is -2.35. The zero-order valence-electron chi connectivity index (χ0n) is 13.1. The molecule has 0 radical (unpaired) electrons. The fourth-order valence-electron chi connectivity index (χ4n) is 1.50. The summed E-state index contributed by atoms with van der Waals surface area (Å²) in [6, 6.07) is 0. The highest BCUT2D eigenvalue weighted by Gasteiger charge is 2.29. The van der Waals surface area contributed by atoms with Crippen molar-refractivity contribution >= 4 is 17.7 Å². The Kier molecular flexibility index (Phi) is 4.57. The lowest BCUT2D eigenvalue weighted by molar-refractivity contribution is -0.195. The largest absolute Gasteiger partial charge is 0.425 e. The summed E-state index contributed by atoms with van der Waals surface area (Å²) in [4.78, 5) is 33.9. The number of rotatable bonds is 5. The number of ether oxygens (including phenoxy) is 3. The van der Waals surface area contributed by atoms with E-state index in [1.54, 1.807) is 0 Å². The van der Waals surface area contributed by atoms with Gasteiger partial charge in [-0.3, -0.25) is 14.4 Å². The van der Waals surface area contributed by atoms with Crippen LogP contribution in [0.4, 0.5) is 0 Å². The fraction of sp³-hybridized carbons (Fsp3) is 0.615. The van der Waals surface area contributed by atoms with E-state index in [4.69, 9.17) is 17.0 Å². The molecule has 2 atom stereocenters. The molecule has 0 N–H and O–H groups in total. The van der Waals surface area contributed by atoms with Crippen molar-refractivity contribution in [3.63, 3.8) is 0 Å². The molecule has 1 aliphatic rings. The summed E-state index contributed by atoms with van der Waals surface area (Å²) in [6.45, 7) is 3.52. The molecular weight excluding hydrogens is 252 g/mol. The molecular formula is C13H18O6. The highest BCUT2D eigenvalue weighted by Crippen LogP contribution is 2.20. The minimum atomic E-state index is -2.56. The van der Waals surface area contributed by atoms with Crippen LogP contribution >= 0.6 is 0 Å². The molecule has 19 heavy (non-hydrogen) atoms. The summed E-state index contributed by atoms with van der Waals surface area (Å²) in [5.74, 6) is -4.00. The molecule has 0 fully saturated rings. The molecule has 0 aromatic carbocycles. The maximum Gasteiger partial charge on any atom is 0.305 e. The zero-order chi connectivity index (χ0) is 16.3. The summed E-state index contributed by atoms with van der Waals surface area (Å²) >= 11 is 0. The Morgan fingerprint density at radius 2 is 2.05 bits per heavy atom. The van der Waals surface area contributed by atoms with Crippen LogP contribution in [0.1, 0.15) is 29.9 Å². The highest BCUT2D eigenvalue weighted by atomic mass is 16.7. The van der Waals surface area contributed by atoms with Crippen LogP contribution in [0.2, 0.25) is 0 Å². The molecule has 0 spiro atoms. The van der Waals surface area contributed by atoms with Crippen LogP contribution in [0.25, 0.3) is 0 Å². The van der Waals surface area contributed by atoms with E-state index in [0.717, 1.165) is 13.8 Å². The third-order valence-electron chi connectivity index (χ3n) is 2.31. The van der Waals surface area contributed by atoms with E-state index >= 15 is 0 Å². The maximum absolute atomic E-state index is 11.7. The second-order valence-electron chi connectivity index (χ2n) is 4.09. The van der Waals surface area contributed by atoms with Gasteiger partial charge in [0.15, 0.2) is 5.78 Å². The first-order valence-electron chi connectivity index (χ1n) is 6.78. The van der Waals surface area contributed by atoms with Gasteiger partial charge in [0.2, 0.25) is 6.27 Å². The van der Waals surface area contributed by atoms with Crippen LogP contribution in [0.15, 0.2) is 12.2 Å². The molecule has 0 amide bonds. The van der Waals surface area contributed by atoms with E-state index in [-0.39, 0.29) is 18.8 Å². The van der Waals surface area contributed by atoms with Crippen LogP contribution in [0, 0.1) is 5.89 Å². The summed E-state index contributed by atoms with van der Waals surface area (Å²) in [7, 11) is 0. The Balaban J connectivity index is 2.97. The van der Waals surface area contributed by atoms with E-state index < -0.39 is 30.2 Å².